The molecule has 0 saturated carbocycles. The fourth-order valence-corrected chi connectivity index (χ4v) is 2.07. The second-order valence-electron chi connectivity index (χ2n) is 6.60. The van der Waals surface area contributed by atoms with E-state index in [1.807, 2.05) is 6.92 Å². The summed E-state index contributed by atoms with van der Waals surface area (Å²) in [6.07, 6.45) is 0. The predicted molar refractivity (Wildman–Crippen MR) is 89.1 cm³/mol. The Bertz CT molecular complexity index is 669. The number of nitrogens with zero attached hydrogens (tertiary/aromatic N) is 2. The molecule has 1 aromatic carbocycles. The van der Waals surface area contributed by atoms with Gasteiger partial charge in [0, 0.05) is 16.7 Å². The summed E-state index contributed by atoms with van der Waals surface area (Å²) in [5.74, 6) is 2.06. The summed E-state index contributed by atoms with van der Waals surface area (Å²) in [5, 5.41) is 3.39. The number of aromatic nitrogens is 2. The lowest BCUT2D eigenvalue weighted by atomic mass is 9.95. The highest BCUT2D eigenvalue weighted by molar-refractivity contribution is 5.66. The molecule has 0 aliphatic rings. The van der Waals surface area contributed by atoms with Gasteiger partial charge in [-0.1, -0.05) is 38.5 Å². The Balaban J connectivity index is 2.46. The Hall–Kier alpha value is -2.10. The number of nitrogens with one attached hydrogen (secondary N) is 1. The van der Waals surface area contributed by atoms with E-state index in [0.717, 1.165) is 22.9 Å². The van der Waals surface area contributed by atoms with E-state index in [4.69, 9.17) is 5.73 Å². The van der Waals surface area contributed by atoms with Crippen molar-refractivity contribution in [1.29, 1.82) is 0 Å². The lowest BCUT2D eigenvalue weighted by molar-refractivity contribution is 0.546. The highest BCUT2D eigenvalue weighted by Crippen LogP contribution is 2.28. The molecule has 112 valence electrons. The first-order valence-electron chi connectivity index (χ1n) is 7.17. The summed E-state index contributed by atoms with van der Waals surface area (Å²) in [6, 6.07) is 6.30. The Labute approximate surface area is 126 Å². The maximum absolute atomic E-state index is 6.04. The average Bonchev–Trinajstić information content (AvgIpc) is 2.36. The first-order chi connectivity index (χ1) is 9.68. The smallest absolute Gasteiger partial charge is 0.139 e. The van der Waals surface area contributed by atoms with Gasteiger partial charge < -0.3 is 11.1 Å². The van der Waals surface area contributed by atoms with Crippen LogP contribution < -0.4 is 11.1 Å². The molecule has 4 heteroatoms. The van der Waals surface area contributed by atoms with E-state index in [-0.39, 0.29) is 5.41 Å². The van der Waals surface area contributed by atoms with Gasteiger partial charge in [-0.05, 0) is 32.4 Å². The monoisotopic (exact) mass is 284 g/mol. The summed E-state index contributed by atoms with van der Waals surface area (Å²) in [4.78, 5) is 9.07. The molecule has 2 rings (SSSR count). The maximum Gasteiger partial charge on any atom is 0.139 e. The number of rotatable bonds is 2. The molecule has 0 radical (unpaired) electrons. The number of aryl methyl sites for hydroxylation is 2. The number of benzene rings is 1. The molecule has 0 aliphatic carbocycles. The molecule has 0 saturated heterocycles. The van der Waals surface area contributed by atoms with Gasteiger partial charge in [-0.25, -0.2) is 9.97 Å². The minimum Gasteiger partial charge on any atom is -0.383 e. The summed E-state index contributed by atoms with van der Waals surface area (Å²) in [7, 11) is 0. The van der Waals surface area contributed by atoms with Crippen LogP contribution in [-0.4, -0.2) is 9.97 Å². The summed E-state index contributed by atoms with van der Waals surface area (Å²) in [6.45, 7) is 12.4. The zero-order chi connectivity index (χ0) is 15.8. The fraction of sp³-hybridized carbons (Fsp3) is 0.412. The number of nitrogens with two attached hydrogens (primary N) is 1. The van der Waals surface area contributed by atoms with Crippen LogP contribution in [0.2, 0.25) is 0 Å². The Kier molecular flexibility index (Phi) is 3.90. The first-order valence-corrected chi connectivity index (χ1v) is 7.17. The van der Waals surface area contributed by atoms with Crippen molar-refractivity contribution in [2.75, 3.05) is 11.1 Å². The minimum atomic E-state index is -0.138. The van der Waals surface area contributed by atoms with Gasteiger partial charge in [-0.3, -0.25) is 0 Å². The van der Waals surface area contributed by atoms with Crippen LogP contribution in [-0.2, 0) is 5.41 Å². The molecule has 0 atom stereocenters. The molecule has 3 N–H and O–H groups in total. The third kappa shape index (κ3) is 3.32. The van der Waals surface area contributed by atoms with E-state index in [9.17, 15) is 0 Å². The lowest BCUT2D eigenvalue weighted by Crippen LogP contribution is -2.19. The van der Waals surface area contributed by atoms with Gasteiger partial charge in [-0.15, -0.1) is 0 Å². The van der Waals surface area contributed by atoms with Crippen LogP contribution >= 0.6 is 0 Å². The SMILES string of the molecule is Cc1ccc(Nc2nc(C(C)(C)C)nc(N)c2C)c(C)c1. The molecule has 0 amide bonds. The summed E-state index contributed by atoms with van der Waals surface area (Å²) >= 11 is 0. The van der Waals surface area contributed by atoms with Gasteiger partial charge >= 0.3 is 0 Å². The molecule has 1 aromatic heterocycles. The van der Waals surface area contributed by atoms with Gasteiger partial charge in [0.1, 0.15) is 17.5 Å². The van der Waals surface area contributed by atoms with Crippen LogP contribution in [0, 0.1) is 20.8 Å². The largest absolute Gasteiger partial charge is 0.383 e. The molecule has 0 aliphatic heterocycles. The van der Waals surface area contributed by atoms with E-state index in [0.29, 0.717) is 5.82 Å². The third-order valence-electron chi connectivity index (χ3n) is 3.49. The van der Waals surface area contributed by atoms with Gasteiger partial charge in [-0.2, -0.15) is 0 Å². The van der Waals surface area contributed by atoms with Crippen molar-refractivity contribution >= 4 is 17.3 Å². The van der Waals surface area contributed by atoms with Crippen molar-refractivity contribution in [3.63, 3.8) is 0 Å². The second-order valence-corrected chi connectivity index (χ2v) is 6.60. The molecule has 0 unspecified atom stereocenters. The molecular weight excluding hydrogens is 260 g/mol. The number of hydrogen-bond acceptors (Lipinski definition) is 4. The van der Waals surface area contributed by atoms with Crippen molar-refractivity contribution in [2.24, 2.45) is 0 Å². The molecule has 0 spiro atoms. The highest BCUT2D eigenvalue weighted by atomic mass is 15.1. The van der Waals surface area contributed by atoms with E-state index in [1.54, 1.807) is 0 Å². The molecule has 21 heavy (non-hydrogen) atoms. The van der Waals surface area contributed by atoms with Gasteiger partial charge in [0.05, 0.1) is 0 Å². The maximum atomic E-state index is 6.04. The lowest BCUT2D eigenvalue weighted by Gasteiger charge is -2.20. The zero-order valence-corrected chi connectivity index (χ0v) is 13.7. The van der Waals surface area contributed by atoms with Crippen LogP contribution in [0.4, 0.5) is 17.3 Å². The van der Waals surface area contributed by atoms with Crippen LogP contribution in [0.5, 0.6) is 0 Å². The van der Waals surface area contributed by atoms with Gasteiger partial charge in [0.2, 0.25) is 0 Å². The average molecular weight is 284 g/mol. The quantitative estimate of drug-likeness (QED) is 0.874. The van der Waals surface area contributed by atoms with E-state index in [2.05, 4.69) is 68.1 Å². The normalized spacial score (nSPS) is 11.5. The van der Waals surface area contributed by atoms with Gasteiger partial charge in [0.25, 0.3) is 0 Å². The third-order valence-corrected chi connectivity index (χ3v) is 3.49. The van der Waals surface area contributed by atoms with Crippen molar-refractivity contribution in [3.8, 4) is 0 Å². The van der Waals surface area contributed by atoms with Crippen molar-refractivity contribution < 1.29 is 0 Å². The summed E-state index contributed by atoms with van der Waals surface area (Å²) in [5.41, 5.74) is 10.3. The minimum absolute atomic E-state index is 0.138. The molecule has 0 bridgehead atoms. The number of anilines is 3. The van der Waals surface area contributed by atoms with Crippen LogP contribution in [0.3, 0.4) is 0 Å². The molecule has 4 nitrogen and oxygen atoms in total. The molecule has 2 aromatic rings. The van der Waals surface area contributed by atoms with Crippen molar-refractivity contribution in [2.45, 2.75) is 47.0 Å². The van der Waals surface area contributed by atoms with E-state index < -0.39 is 0 Å². The summed E-state index contributed by atoms with van der Waals surface area (Å²) < 4.78 is 0. The second kappa shape index (κ2) is 5.35. The topological polar surface area (TPSA) is 63.8 Å². The predicted octanol–water partition coefficient (Wildman–Crippen LogP) is 4.03. The number of hydrogen-bond donors (Lipinski definition) is 2. The van der Waals surface area contributed by atoms with Crippen LogP contribution in [0.25, 0.3) is 0 Å². The first kappa shape index (κ1) is 15.3. The van der Waals surface area contributed by atoms with Gasteiger partial charge in [0.15, 0.2) is 0 Å². The Morgan fingerprint density at radius 2 is 1.71 bits per heavy atom. The highest BCUT2D eigenvalue weighted by Gasteiger charge is 2.20. The number of nitrogen functional groups attached to an aromatic ring is 1. The molecule has 0 fully saturated rings. The van der Waals surface area contributed by atoms with Crippen molar-refractivity contribution in [1.82, 2.24) is 9.97 Å². The Morgan fingerprint density at radius 1 is 1.05 bits per heavy atom. The fourth-order valence-electron chi connectivity index (χ4n) is 2.07. The van der Waals surface area contributed by atoms with Crippen molar-refractivity contribution in [3.05, 3.63) is 40.7 Å². The zero-order valence-electron chi connectivity index (χ0n) is 13.7. The van der Waals surface area contributed by atoms with Crippen LogP contribution in [0.1, 0.15) is 43.3 Å². The van der Waals surface area contributed by atoms with E-state index in [1.165, 1.54) is 11.1 Å². The standard InChI is InChI=1S/C17H24N4/c1-10-7-8-13(11(2)9-10)19-15-12(3)14(18)20-16(21-15)17(4,5)6/h7-9H,1-6H3,(H3,18,19,20,21). The van der Waals surface area contributed by atoms with E-state index >= 15 is 0 Å². The molecular formula is C17H24N4. The van der Waals surface area contributed by atoms with Crippen LogP contribution in [0.15, 0.2) is 18.2 Å². The molecule has 1 heterocycles. The Morgan fingerprint density at radius 3 is 2.29 bits per heavy atom.